The molecule has 0 saturated heterocycles. The molecule has 0 aliphatic heterocycles. The number of para-hydroxylation sites is 1. The molecule has 11 aromatic carbocycles. The molecule has 0 fully saturated rings. The molecule has 0 saturated carbocycles. The maximum atomic E-state index is 7.33. The Balaban J connectivity index is 1.06. The minimum atomic E-state index is -0.484. The van der Waals surface area contributed by atoms with Crippen LogP contribution in [0.2, 0.25) is 0 Å². The molecule has 302 valence electrons. The number of hydrogen-bond donors (Lipinski definition) is 0. The normalized spacial score (nSPS) is 13.0. The summed E-state index contributed by atoms with van der Waals surface area (Å²) in [6.45, 7) is 0. The summed E-state index contributed by atoms with van der Waals surface area (Å²) < 4.78 is 7.33. The van der Waals surface area contributed by atoms with Gasteiger partial charge in [0, 0.05) is 27.7 Å². The van der Waals surface area contributed by atoms with Crippen molar-refractivity contribution < 1.29 is 4.42 Å². The summed E-state index contributed by atoms with van der Waals surface area (Å²) >= 11 is 0. The van der Waals surface area contributed by atoms with Crippen LogP contribution in [0.4, 0.5) is 17.1 Å². The first-order valence-electron chi connectivity index (χ1n) is 22.5. The third-order valence-corrected chi connectivity index (χ3v) is 14.3. The van der Waals surface area contributed by atoms with Crippen LogP contribution in [0.15, 0.2) is 241 Å². The first-order valence-corrected chi connectivity index (χ1v) is 22.5. The molecule has 1 spiro atoms. The summed E-state index contributed by atoms with van der Waals surface area (Å²) in [6, 6.07) is 86.9. The van der Waals surface area contributed by atoms with Crippen LogP contribution in [0.1, 0.15) is 22.3 Å². The molecular weight excluding hydrogens is 787 g/mol. The number of fused-ring (bicyclic) bond motifs is 16. The zero-order valence-corrected chi connectivity index (χ0v) is 35.4. The summed E-state index contributed by atoms with van der Waals surface area (Å²) in [5.41, 5.74) is 19.4. The summed E-state index contributed by atoms with van der Waals surface area (Å²) in [5.74, 6) is 0. The summed E-state index contributed by atoms with van der Waals surface area (Å²) in [7, 11) is 0. The third-order valence-electron chi connectivity index (χ3n) is 14.3. The van der Waals surface area contributed by atoms with E-state index in [1.807, 2.05) is 0 Å². The van der Waals surface area contributed by atoms with Crippen molar-refractivity contribution >= 4 is 60.5 Å². The molecule has 1 aromatic heterocycles. The van der Waals surface area contributed by atoms with E-state index in [0.29, 0.717) is 0 Å². The second-order valence-electron chi connectivity index (χ2n) is 17.5. The van der Waals surface area contributed by atoms with Crippen LogP contribution in [0, 0.1) is 0 Å². The minimum Gasteiger partial charge on any atom is -0.453 e. The van der Waals surface area contributed by atoms with Crippen molar-refractivity contribution in [2.45, 2.75) is 5.41 Å². The van der Waals surface area contributed by atoms with E-state index in [-0.39, 0.29) is 0 Å². The van der Waals surface area contributed by atoms with Crippen molar-refractivity contribution in [3.05, 3.63) is 259 Å². The first kappa shape index (κ1) is 36.1. The lowest BCUT2D eigenvalue weighted by Gasteiger charge is -2.32. The smallest absolute Gasteiger partial charge is 0.160 e. The summed E-state index contributed by atoms with van der Waals surface area (Å²) in [6.07, 6.45) is 0. The van der Waals surface area contributed by atoms with Gasteiger partial charge in [-0.15, -0.1) is 0 Å². The van der Waals surface area contributed by atoms with Crippen molar-refractivity contribution in [3.63, 3.8) is 0 Å². The Hall–Kier alpha value is -8.46. The monoisotopic (exact) mass is 825 g/mol. The van der Waals surface area contributed by atoms with Crippen LogP contribution in [0.25, 0.3) is 88.0 Å². The highest BCUT2D eigenvalue weighted by Gasteiger charge is 2.51. The molecule has 2 nitrogen and oxygen atoms in total. The summed E-state index contributed by atoms with van der Waals surface area (Å²) in [4.78, 5) is 2.44. The maximum Gasteiger partial charge on any atom is 0.160 e. The van der Waals surface area contributed by atoms with E-state index in [9.17, 15) is 0 Å². The van der Waals surface area contributed by atoms with Crippen LogP contribution in [-0.4, -0.2) is 0 Å². The molecule has 0 unspecified atom stereocenters. The molecule has 0 radical (unpaired) electrons. The zero-order chi connectivity index (χ0) is 42.6. The van der Waals surface area contributed by atoms with E-state index in [1.54, 1.807) is 0 Å². The second-order valence-corrected chi connectivity index (χ2v) is 17.5. The number of anilines is 3. The van der Waals surface area contributed by atoms with Crippen molar-refractivity contribution in [1.82, 2.24) is 0 Å². The van der Waals surface area contributed by atoms with Crippen LogP contribution in [0.5, 0.6) is 0 Å². The Morgan fingerprint density at radius 3 is 1.54 bits per heavy atom. The molecule has 0 bridgehead atoms. The summed E-state index contributed by atoms with van der Waals surface area (Å²) in [5, 5.41) is 7.03. The predicted molar refractivity (Wildman–Crippen MR) is 271 cm³/mol. The number of rotatable bonds is 5. The van der Waals surface area contributed by atoms with Gasteiger partial charge in [-0.25, -0.2) is 0 Å². The molecule has 1 heterocycles. The fourth-order valence-electron chi connectivity index (χ4n) is 11.6. The standard InChI is InChI=1S/C63H39NO/c1-2-16-41(17-3-1)49-27-15-28-54-60-48-22-7-5-19-43(48)38-59(62(60)65-61(49)54)64(44-34-32-42(33-35-44)47-26-14-20-40-18-4-6-21-46(40)47)45-36-37-53-52-25-10-13-31-57(52)63(58(53)39-45)55-29-11-8-23-50(55)51-24-9-12-30-56(51)63/h1-39H. The van der Waals surface area contributed by atoms with E-state index in [4.69, 9.17) is 4.42 Å². The van der Waals surface area contributed by atoms with E-state index in [1.165, 1.54) is 71.8 Å². The topological polar surface area (TPSA) is 16.4 Å². The highest BCUT2D eigenvalue weighted by molar-refractivity contribution is 6.24. The Morgan fingerprint density at radius 1 is 0.308 bits per heavy atom. The Labute approximate surface area is 376 Å². The van der Waals surface area contributed by atoms with Gasteiger partial charge >= 0.3 is 0 Å². The Bertz CT molecular complexity index is 3830. The molecule has 0 N–H and O–H groups in total. The van der Waals surface area contributed by atoms with Gasteiger partial charge in [0.25, 0.3) is 0 Å². The van der Waals surface area contributed by atoms with Gasteiger partial charge in [0.1, 0.15) is 5.58 Å². The lowest BCUT2D eigenvalue weighted by Crippen LogP contribution is -2.26. The average Bonchev–Trinajstić information content (AvgIpc) is 4.02. The highest BCUT2D eigenvalue weighted by Crippen LogP contribution is 2.63. The average molecular weight is 826 g/mol. The second kappa shape index (κ2) is 13.8. The Kier molecular flexibility index (Phi) is 7.64. The number of benzene rings is 11. The van der Waals surface area contributed by atoms with E-state index in [0.717, 1.165) is 55.5 Å². The number of furan rings is 1. The van der Waals surface area contributed by atoms with E-state index in [2.05, 4.69) is 241 Å². The molecule has 12 aromatic rings. The minimum absolute atomic E-state index is 0.484. The van der Waals surface area contributed by atoms with Gasteiger partial charge in [0.15, 0.2) is 5.58 Å². The van der Waals surface area contributed by atoms with Crippen molar-refractivity contribution in [1.29, 1.82) is 0 Å². The van der Waals surface area contributed by atoms with Gasteiger partial charge in [-0.1, -0.05) is 206 Å². The van der Waals surface area contributed by atoms with Gasteiger partial charge in [-0.05, 0) is 113 Å². The predicted octanol–water partition coefficient (Wildman–Crippen LogP) is 17.0. The van der Waals surface area contributed by atoms with Crippen LogP contribution in [0.3, 0.4) is 0 Å². The zero-order valence-electron chi connectivity index (χ0n) is 35.4. The fourth-order valence-corrected chi connectivity index (χ4v) is 11.6. The van der Waals surface area contributed by atoms with Crippen molar-refractivity contribution in [2.75, 3.05) is 4.90 Å². The highest BCUT2D eigenvalue weighted by atomic mass is 16.3. The molecule has 0 atom stereocenters. The molecule has 14 rings (SSSR count). The Morgan fingerprint density at radius 2 is 0.815 bits per heavy atom. The van der Waals surface area contributed by atoms with Gasteiger partial charge < -0.3 is 9.32 Å². The van der Waals surface area contributed by atoms with E-state index >= 15 is 0 Å². The quantitative estimate of drug-likeness (QED) is 0.172. The van der Waals surface area contributed by atoms with Crippen molar-refractivity contribution in [3.8, 4) is 44.5 Å². The lowest BCUT2D eigenvalue weighted by molar-refractivity contribution is 0.670. The molecule has 2 aliphatic carbocycles. The van der Waals surface area contributed by atoms with Gasteiger partial charge in [0.05, 0.1) is 11.1 Å². The lowest BCUT2D eigenvalue weighted by atomic mass is 9.70. The molecule has 2 aliphatic rings. The number of hydrogen-bond acceptors (Lipinski definition) is 2. The SMILES string of the molecule is c1ccc(-c2cccc3c2oc2c(N(c4ccc(-c5cccc6ccccc56)cc4)c4ccc5c(c4)C4(c6ccccc6-c6ccccc64)c4ccccc4-5)cc4ccccc4c23)cc1. The van der Waals surface area contributed by atoms with E-state index < -0.39 is 5.41 Å². The van der Waals surface area contributed by atoms with Crippen LogP contribution < -0.4 is 4.90 Å². The van der Waals surface area contributed by atoms with Gasteiger partial charge in [0.2, 0.25) is 0 Å². The third kappa shape index (κ3) is 5.05. The largest absolute Gasteiger partial charge is 0.453 e. The van der Waals surface area contributed by atoms with Gasteiger partial charge in [-0.2, -0.15) is 0 Å². The fraction of sp³-hybridized carbons (Fsp3) is 0.0159. The van der Waals surface area contributed by atoms with Crippen molar-refractivity contribution in [2.24, 2.45) is 0 Å². The molecule has 65 heavy (non-hydrogen) atoms. The first-order chi connectivity index (χ1) is 32.3. The van der Waals surface area contributed by atoms with Gasteiger partial charge in [-0.3, -0.25) is 0 Å². The molecule has 0 amide bonds. The van der Waals surface area contributed by atoms with Crippen LogP contribution >= 0.6 is 0 Å². The molecular formula is C63H39NO. The maximum absolute atomic E-state index is 7.33. The molecule has 2 heteroatoms. The number of nitrogens with zero attached hydrogens (tertiary/aromatic N) is 1. The van der Waals surface area contributed by atoms with Crippen LogP contribution in [-0.2, 0) is 5.41 Å².